The summed E-state index contributed by atoms with van der Waals surface area (Å²) >= 11 is 0. The second kappa shape index (κ2) is 8.87. The molecule has 0 spiro atoms. The van der Waals surface area contributed by atoms with Crippen LogP contribution in [-0.2, 0) is 4.79 Å². The Morgan fingerprint density at radius 2 is 1.81 bits per heavy atom. The van der Waals surface area contributed by atoms with E-state index >= 15 is 0 Å². The van der Waals surface area contributed by atoms with E-state index in [1.54, 1.807) is 0 Å². The normalized spacial score (nSPS) is 20.0. The fourth-order valence-corrected chi connectivity index (χ4v) is 4.09. The number of hydrogen-bond acceptors (Lipinski definition) is 4. The minimum Gasteiger partial charge on any atom is -0.368 e. The highest BCUT2D eigenvalue weighted by Gasteiger charge is 2.24. The molecule has 0 N–H and O–H groups in total. The van der Waals surface area contributed by atoms with Crippen LogP contribution in [0, 0.1) is 6.92 Å². The Kier molecular flexibility index (Phi) is 6.54. The van der Waals surface area contributed by atoms with E-state index in [2.05, 4.69) is 64.9 Å². The fourth-order valence-electron chi connectivity index (χ4n) is 4.09. The van der Waals surface area contributed by atoms with E-state index in [1.807, 2.05) is 0 Å². The van der Waals surface area contributed by atoms with Crippen molar-refractivity contribution in [2.45, 2.75) is 32.2 Å². The van der Waals surface area contributed by atoms with Crippen LogP contribution in [-0.4, -0.2) is 86.6 Å². The lowest BCUT2D eigenvalue weighted by Gasteiger charge is -2.37. The number of piperazine rings is 1. The minimum absolute atomic E-state index is 0.314. The SMILES string of the molecule is Cc1cccc(N2CCN(C(=O)CCN(C)C3CCN(C)CC3)CC2)c1. The molecular weight excluding hydrogens is 324 g/mol. The summed E-state index contributed by atoms with van der Waals surface area (Å²) in [7, 11) is 4.37. The van der Waals surface area contributed by atoms with Gasteiger partial charge in [-0.05, 0) is 64.6 Å². The number of aryl methyl sites for hydroxylation is 1. The summed E-state index contributed by atoms with van der Waals surface area (Å²) in [5, 5.41) is 0. The van der Waals surface area contributed by atoms with Crippen molar-refractivity contribution in [1.82, 2.24) is 14.7 Å². The zero-order valence-corrected chi connectivity index (χ0v) is 16.7. The van der Waals surface area contributed by atoms with Crippen LogP contribution in [0.3, 0.4) is 0 Å². The number of nitrogens with zero attached hydrogens (tertiary/aromatic N) is 4. The minimum atomic E-state index is 0.314. The second-order valence-electron chi connectivity index (χ2n) is 7.97. The van der Waals surface area contributed by atoms with Gasteiger partial charge in [0.05, 0.1) is 0 Å². The highest BCUT2D eigenvalue weighted by atomic mass is 16.2. The van der Waals surface area contributed by atoms with Gasteiger partial charge in [-0.15, -0.1) is 0 Å². The van der Waals surface area contributed by atoms with Crippen LogP contribution in [0.15, 0.2) is 24.3 Å². The van der Waals surface area contributed by atoms with Crippen molar-refractivity contribution in [2.24, 2.45) is 0 Å². The standard InChI is InChI=1S/C21H34N4O/c1-18-5-4-6-20(17-18)24-13-15-25(16-14-24)21(26)9-12-23(3)19-7-10-22(2)11-8-19/h4-6,17,19H,7-16H2,1-3H3. The predicted molar refractivity (Wildman–Crippen MR) is 108 cm³/mol. The van der Waals surface area contributed by atoms with E-state index in [9.17, 15) is 4.79 Å². The summed E-state index contributed by atoms with van der Waals surface area (Å²) < 4.78 is 0. The van der Waals surface area contributed by atoms with Crippen molar-refractivity contribution in [3.05, 3.63) is 29.8 Å². The molecule has 2 aliphatic rings. The van der Waals surface area contributed by atoms with Crippen LogP contribution in [0.5, 0.6) is 0 Å². The molecule has 2 aliphatic heterocycles. The molecule has 1 amide bonds. The highest BCUT2D eigenvalue weighted by Crippen LogP contribution is 2.18. The van der Waals surface area contributed by atoms with Crippen LogP contribution < -0.4 is 4.90 Å². The summed E-state index contributed by atoms with van der Waals surface area (Å²) in [5.41, 5.74) is 2.57. The molecule has 1 aromatic carbocycles. The average Bonchev–Trinajstić information content (AvgIpc) is 2.66. The Morgan fingerprint density at radius 1 is 1.12 bits per heavy atom. The van der Waals surface area contributed by atoms with E-state index < -0.39 is 0 Å². The Morgan fingerprint density at radius 3 is 2.46 bits per heavy atom. The van der Waals surface area contributed by atoms with Crippen molar-refractivity contribution in [2.75, 3.05) is 64.8 Å². The van der Waals surface area contributed by atoms with Crippen LogP contribution in [0.25, 0.3) is 0 Å². The van der Waals surface area contributed by atoms with E-state index in [-0.39, 0.29) is 0 Å². The highest BCUT2D eigenvalue weighted by molar-refractivity contribution is 5.76. The summed E-state index contributed by atoms with van der Waals surface area (Å²) in [4.78, 5) is 21.8. The van der Waals surface area contributed by atoms with Crippen molar-refractivity contribution in [3.63, 3.8) is 0 Å². The number of anilines is 1. The summed E-state index contributed by atoms with van der Waals surface area (Å²) in [5.74, 6) is 0.314. The summed E-state index contributed by atoms with van der Waals surface area (Å²) in [6, 6.07) is 9.28. The van der Waals surface area contributed by atoms with Gasteiger partial charge in [0.1, 0.15) is 0 Å². The van der Waals surface area contributed by atoms with Gasteiger partial charge < -0.3 is 19.6 Å². The molecule has 5 nitrogen and oxygen atoms in total. The van der Waals surface area contributed by atoms with Crippen molar-refractivity contribution in [1.29, 1.82) is 0 Å². The lowest BCUT2D eigenvalue weighted by atomic mass is 10.0. The number of carbonyl (C=O) groups excluding carboxylic acids is 1. The van der Waals surface area contributed by atoms with Crippen LogP contribution in [0.4, 0.5) is 5.69 Å². The van der Waals surface area contributed by atoms with E-state index in [0.717, 1.165) is 32.7 Å². The first kappa shape index (κ1) is 19.2. The van der Waals surface area contributed by atoms with Gasteiger partial charge >= 0.3 is 0 Å². The maximum Gasteiger partial charge on any atom is 0.223 e. The smallest absolute Gasteiger partial charge is 0.223 e. The Hall–Kier alpha value is -1.59. The van der Waals surface area contributed by atoms with Gasteiger partial charge in [0.25, 0.3) is 0 Å². The van der Waals surface area contributed by atoms with Gasteiger partial charge in [0.15, 0.2) is 0 Å². The van der Waals surface area contributed by atoms with Crippen LogP contribution in [0.2, 0.25) is 0 Å². The van der Waals surface area contributed by atoms with Crippen LogP contribution in [0.1, 0.15) is 24.8 Å². The Balaban J connectivity index is 1.41. The van der Waals surface area contributed by atoms with Crippen molar-refractivity contribution >= 4 is 11.6 Å². The van der Waals surface area contributed by atoms with Gasteiger partial charge in [-0.25, -0.2) is 0 Å². The molecule has 0 unspecified atom stereocenters. The second-order valence-corrected chi connectivity index (χ2v) is 7.97. The van der Waals surface area contributed by atoms with Crippen LogP contribution >= 0.6 is 0 Å². The molecule has 0 atom stereocenters. The Labute approximate surface area is 158 Å². The molecular formula is C21H34N4O. The van der Waals surface area contributed by atoms with Gasteiger partial charge in [0, 0.05) is 50.9 Å². The van der Waals surface area contributed by atoms with E-state index in [0.29, 0.717) is 18.4 Å². The quantitative estimate of drug-likeness (QED) is 0.806. The van der Waals surface area contributed by atoms with E-state index in [4.69, 9.17) is 0 Å². The van der Waals surface area contributed by atoms with Gasteiger partial charge in [0.2, 0.25) is 5.91 Å². The average molecular weight is 359 g/mol. The van der Waals surface area contributed by atoms with Gasteiger partial charge in [-0.2, -0.15) is 0 Å². The zero-order chi connectivity index (χ0) is 18.5. The third-order valence-corrected chi connectivity index (χ3v) is 5.99. The topological polar surface area (TPSA) is 30.0 Å². The molecule has 2 saturated heterocycles. The number of likely N-dealkylation sites (tertiary alicyclic amines) is 1. The maximum atomic E-state index is 12.6. The molecule has 0 aliphatic carbocycles. The van der Waals surface area contributed by atoms with Crippen molar-refractivity contribution < 1.29 is 4.79 Å². The number of benzene rings is 1. The predicted octanol–water partition coefficient (Wildman–Crippen LogP) is 2.06. The number of carbonyl (C=O) groups is 1. The molecule has 3 rings (SSSR count). The monoisotopic (exact) mass is 358 g/mol. The number of piperidine rings is 1. The number of rotatable bonds is 5. The third kappa shape index (κ3) is 4.98. The number of hydrogen-bond donors (Lipinski definition) is 0. The first-order valence-electron chi connectivity index (χ1n) is 10.0. The molecule has 144 valence electrons. The van der Waals surface area contributed by atoms with E-state index in [1.165, 1.54) is 37.2 Å². The molecule has 5 heteroatoms. The van der Waals surface area contributed by atoms with Gasteiger partial charge in [-0.3, -0.25) is 4.79 Å². The largest absolute Gasteiger partial charge is 0.368 e. The summed E-state index contributed by atoms with van der Waals surface area (Å²) in [6.45, 7) is 8.89. The molecule has 0 radical (unpaired) electrons. The van der Waals surface area contributed by atoms with Gasteiger partial charge in [-0.1, -0.05) is 12.1 Å². The van der Waals surface area contributed by atoms with Crippen molar-refractivity contribution in [3.8, 4) is 0 Å². The lowest BCUT2D eigenvalue weighted by Crippen LogP contribution is -2.49. The molecule has 2 fully saturated rings. The third-order valence-electron chi connectivity index (χ3n) is 5.99. The molecule has 0 bridgehead atoms. The maximum absolute atomic E-state index is 12.6. The number of amides is 1. The zero-order valence-electron chi connectivity index (χ0n) is 16.7. The first-order valence-corrected chi connectivity index (χ1v) is 10.0. The fraction of sp³-hybridized carbons (Fsp3) is 0.667. The molecule has 0 aromatic heterocycles. The molecule has 2 heterocycles. The summed E-state index contributed by atoms with van der Waals surface area (Å²) in [6.07, 6.45) is 3.08. The molecule has 1 aromatic rings. The molecule has 26 heavy (non-hydrogen) atoms. The lowest BCUT2D eigenvalue weighted by molar-refractivity contribution is -0.131. The Bertz CT molecular complexity index is 589. The first-order chi connectivity index (χ1) is 12.5. The molecule has 0 saturated carbocycles.